The van der Waals surface area contributed by atoms with Crippen molar-refractivity contribution in [3.63, 3.8) is 0 Å². The number of hydrogen-bond donors (Lipinski definition) is 4. The third-order valence-electron chi connectivity index (χ3n) is 19.3. The lowest BCUT2D eigenvalue weighted by Crippen LogP contribution is -2.37. The fraction of sp³-hybridized carbons (Fsp3) is 0.821. The van der Waals surface area contributed by atoms with Crippen molar-refractivity contribution in [1.29, 1.82) is 0 Å². The molecule has 0 aliphatic rings. The average Bonchev–Trinajstić information content (AvgIpc) is 0.753. The van der Waals surface area contributed by atoms with Crippen molar-refractivity contribution in [1.82, 2.24) is 9.13 Å². The predicted octanol–water partition coefficient (Wildman–Crippen LogP) is 22.8. The topological polar surface area (TPSA) is 133 Å². The molecule has 0 radical (unpaired) electrons. The molecule has 0 unspecified atom stereocenters. The number of nitrogens with one attached hydrogen (secondary N) is 2. The number of aromatic nitrogens is 2. The first kappa shape index (κ1) is 76.6. The second kappa shape index (κ2) is 49.8. The predicted molar refractivity (Wildman–Crippen MR) is 385 cm³/mol. The van der Waals surface area contributed by atoms with Crippen molar-refractivity contribution >= 4 is 43.7 Å². The number of pyridine rings is 2. The van der Waals surface area contributed by atoms with E-state index in [0.29, 0.717) is 93.7 Å². The van der Waals surface area contributed by atoms with Gasteiger partial charge in [0.15, 0.2) is 0 Å². The Labute approximate surface area is 538 Å². The molecule has 0 aliphatic heterocycles. The van der Waals surface area contributed by atoms with Gasteiger partial charge in [0.2, 0.25) is 11.8 Å². The molecule has 0 aliphatic carbocycles. The summed E-state index contributed by atoms with van der Waals surface area (Å²) in [5.41, 5.74) is 0.849. The lowest BCUT2D eigenvalue weighted by molar-refractivity contribution is 0.405. The van der Waals surface area contributed by atoms with Crippen molar-refractivity contribution in [2.24, 2.45) is 9.98 Å². The minimum absolute atomic E-state index is 0.0618. The maximum Gasteiger partial charge on any atom is 0.263 e. The van der Waals surface area contributed by atoms with Crippen LogP contribution < -0.4 is 32.5 Å². The van der Waals surface area contributed by atoms with E-state index < -0.39 is 0 Å². The second-order valence-corrected chi connectivity index (χ2v) is 27.1. The summed E-state index contributed by atoms with van der Waals surface area (Å²) in [4.78, 5) is 42.9. The zero-order valence-electron chi connectivity index (χ0n) is 58.5. The van der Waals surface area contributed by atoms with Gasteiger partial charge in [0.1, 0.15) is 0 Å². The van der Waals surface area contributed by atoms with Crippen LogP contribution in [0.4, 0.5) is 11.4 Å². The zero-order valence-corrected chi connectivity index (χ0v) is 58.5. The van der Waals surface area contributed by atoms with E-state index >= 15 is 9.59 Å². The lowest BCUT2D eigenvalue weighted by atomic mass is 9.91. The molecule has 0 saturated heterocycles. The first-order valence-electron chi connectivity index (χ1n) is 38.7. The van der Waals surface area contributed by atoms with Gasteiger partial charge >= 0.3 is 0 Å². The van der Waals surface area contributed by atoms with Gasteiger partial charge in [0.05, 0.1) is 43.6 Å². The van der Waals surface area contributed by atoms with Gasteiger partial charge < -0.3 is 20.8 Å². The highest BCUT2D eigenvalue weighted by Gasteiger charge is 2.31. The zero-order chi connectivity index (χ0) is 63.1. The van der Waals surface area contributed by atoms with Crippen molar-refractivity contribution in [2.45, 2.75) is 389 Å². The Morgan fingerprint density at radius 3 is 0.841 bits per heavy atom. The van der Waals surface area contributed by atoms with Crippen LogP contribution in [0.15, 0.2) is 19.6 Å². The number of unbranched alkanes of at least 4 members (excludes halogenated alkanes) is 46. The summed E-state index contributed by atoms with van der Waals surface area (Å²) in [6.07, 6.45) is 61.5. The molecule has 2 heterocycles. The van der Waals surface area contributed by atoms with Crippen molar-refractivity contribution in [2.75, 3.05) is 36.8 Å². The van der Waals surface area contributed by atoms with Gasteiger partial charge in [-0.1, -0.05) is 337 Å². The number of hydrogen-bond acceptors (Lipinski definition) is 8. The van der Waals surface area contributed by atoms with Crippen molar-refractivity contribution in [3.05, 3.63) is 31.4 Å². The van der Waals surface area contributed by atoms with E-state index in [1.807, 2.05) is 0 Å². The Bertz CT molecular complexity index is 2620. The van der Waals surface area contributed by atoms with Gasteiger partial charge in [-0.05, 0) is 38.5 Å². The van der Waals surface area contributed by atoms with Gasteiger partial charge in [-0.2, -0.15) is 0 Å². The summed E-state index contributed by atoms with van der Waals surface area (Å²) in [5, 5.41) is 38.2. The summed E-state index contributed by atoms with van der Waals surface area (Å²) in [5.74, 6) is -0.151. The third-order valence-corrected chi connectivity index (χ3v) is 19.3. The van der Waals surface area contributed by atoms with Crippen LogP contribution >= 0.6 is 0 Å². The van der Waals surface area contributed by atoms with E-state index in [1.54, 1.807) is 9.13 Å². The van der Waals surface area contributed by atoms with E-state index in [2.05, 4.69) is 52.2 Å². The molecule has 0 atom stereocenters. The lowest BCUT2D eigenvalue weighted by Gasteiger charge is -2.25. The van der Waals surface area contributed by atoms with Gasteiger partial charge in [-0.25, -0.2) is 0 Å². The molecule has 2 aromatic heterocycles. The normalized spacial score (nSPS) is 12.4. The fourth-order valence-corrected chi connectivity index (χ4v) is 13.7. The number of anilines is 2. The van der Waals surface area contributed by atoms with E-state index in [-0.39, 0.29) is 22.9 Å². The molecule has 4 aromatic rings. The van der Waals surface area contributed by atoms with Gasteiger partial charge in [0.25, 0.3) is 11.1 Å². The van der Waals surface area contributed by atoms with Gasteiger partial charge in [-0.3, -0.25) is 28.7 Å². The highest BCUT2D eigenvalue weighted by molar-refractivity contribution is 6.31. The van der Waals surface area contributed by atoms with Crippen LogP contribution in [-0.4, -0.2) is 45.5 Å². The summed E-state index contributed by atoms with van der Waals surface area (Å²) >= 11 is 0. The van der Waals surface area contributed by atoms with E-state index in [4.69, 9.17) is 9.98 Å². The molecule has 0 saturated carbocycles. The Kier molecular flexibility index (Phi) is 43.4. The molecule has 88 heavy (non-hydrogen) atoms. The number of nitrogens with zero attached hydrogens (tertiary/aromatic N) is 4. The van der Waals surface area contributed by atoms with E-state index in [9.17, 15) is 10.2 Å². The Morgan fingerprint density at radius 2 is 0.511 bits per heavy atom. The van der Waals surface area contributed by atoms with Gasteiger partial charge in [-0.15, -0.1) is 0 Å². The van der Waals surface area contributed by atoms with Crippen molar-refractivity contribution in [3.8, 4) is 11.8 Å². The van der Waals surface area contributed by atoms with Crippen LogP contribution in [0.2, 0.25) is 0 Å². The molecule has 0 amide bonds. The molecule has 2 aromatic carbocycles. The molecular formula is C78H138N6O4. The largest absolute Gasteiger partial charge is 0.494 e. The summed E-state index contributed by atoms with van der Waals surface area (Å²) < 4.78 is 3.28. The first-order valence-corrected chi connectivity index (χ1v) is 38.7. The molecular weight excluding hydrogens is 1080 g/mol. The van der Waals surface area contributed by atoms with Crippen LogP contribution in [0.25, 0.3) is 32.3 Å². The summed E-state index contributed by atoms with van der Waals surface area (Å²) in [6, 6.07) is 0. The fourth-order valence-electron chi connectivity index (χ4n) is 13.7. The van der Waals surface area contributed by atoms with E-state index in [1.165, 1.54) is 218 Å². The summed E-state index contributed by atoms with van der Waals surface area (Å²) in [7, 11) is 0. The second-order valence-electron chi connectivity index (χ2n) is 27.1. The Hall–Kier alpha value is -3.82. The van der Waals surface area contributed by atoms with Crippen LogP contribution in [0.3, 0.4) is 0 Å². The smallest absolute Gasteiger partial charge is 0.263 e. The maximum absolute atomic E-state index is 15.9. The molecule has 0 fully saturated rings. The molecule has 10 nitrogen and oxygen atoms in total. The number of aromatic hydroxyl groups is 2. The van der Waals surface area contributed by atoms with Crippen LogP contribution in [-0.2, 0) is 13.1 Å². The van der Waals surface area contributed by atoms with Crippen LogP contribution in [0.1, 0.15) is 375 Å². The molecule has 10 heteroatoms. The Balaban J connectivity index is 2.01. The standard InChI is InChI=1S/C78H138N6O4/c1-7-13-19-25-31-35-39-43-47-53-59-79-71-67-65-66-68(72(71)80-60-54-48-44-40-36-32-26-20-14-8-2)76(86)84(64-58-52-30-24-18-12-6)78(88)70(66)74(82-62-56-50-46-42-38-34-28-22-16-10-4)73(81-61-55-49-45-41-37-33-27-21-15-9-3)69(65)77(87)83(75(67)85)63-57-51-29-23-17-11-5/h79-80,85,88H,7-64H2,1-6H3. The molecule has 4 rings (SSSR count). The Morgan fingerprint density at radius 1 is 0.273 bits per heavy atom. The average molecular weight is 1220 g/mol. The number of benzene rings is 2. The minimum Gasteiger partial charge on any atom is -0.494 e. The highest BCUT2D eigenvalue weighted by Crippen LogP contribution is 2.46. The quantitative estimate of drug-likeness (QED) is 0.0257. The highest BCUT2D eigenvalue weighted by atomic mass is 16.3. The first-order chi connectivity index (χ1) is 43.3. The van der Waals surface area contributed by atoms with Crippen molar-refractivity contribution < 1.29 is 10.2 Å². The van der Waals surface area contributed by atoms with Gasteiger partial charge in [0, 0.05) is 50.0 Å². The molecule has 504 valence electrons. The molecule has 0 spiro atoms. The molecule has 4 N–H and O–H groups in total. The third kappa shape index (κ3) is 27.6. The van der Waals surface area contributed by atoms with E-state index in [0.717, 1.165) is 116 Å². The number of rotatable bonds is 60. The maximum atomic E-state index is 15.9. The minimum atomic E-state index is -0.276. The van der Waals surface area contributed by atoms with Crippen LogP contribution in [0, 0.1) is 0 Å². The summed E-state index contributed by atoms with van der Waals surface area (Å²) in [6.45, 7) is 16.8. The monoisotopic (exact) mass is 1220 g/mol. The SMILES string of the molecule is CCCCCCCCCCCCN=c1c(=NCCCCCCCCCCCC)c2c(=O)n(CCCCCCCC)c(O)c3c(NCCCCCCCCCCCC)c(NCCCCCCCCCCCC)c4c(=O)n(CCCCCCCC)c(O)c1c4c32. The molecule has 0 bridgehead atoms. The van der Waals surface area contributed by atoms with Crippen LogP contribution in [0.5, 0.6) is 11.8 Å².